The third kappa shape index (κ3) is 3.60. The highest BCUT2D eigenvalue weighted by atomic mass is 16.5. The quantitative estimate of drug-likeness (QED) is 0.681. The van der Waals surface area contributed by atoms with Gasteiger partial charge in [0.05, 0.1) is 27.4 Å². The van der Waals surface area contributed by atoms with Crippen molar-refractivity contribution in [2.45, 2.75) is 25.8 Å². The molecular formula is C24H26N2O5. The molecule has 162 valence electrons. The van der Waals surface area contributed by atoms with Crippen molar-refractivity contribution in [3.8, 4) is 17.2 Å². The molecule has 3 aromatic rings. The Labute approximate surface area is 180 Å². The molecule has 0 spiro atoms. The maximum absolute atomic E-state index is 13.2. The van der Waals surface area contributed by atoms with Crippen molar-refractivity contribution in [2.24, 2.45) is 0 Å². The normalized spacial score (nSPS) is 15.5. The summed E-state index contributed by atoms with van der Waals surface area (Å²) in [5, 5.41) is 0.838. The summed E-state index contributed by atoms with van der Waals surface area (Å²) in [7, 11) is 4.78. The van der Waals surface area contributed by atoms with Gasteiger partial charge in [0.1, 0.15) is 5.75 Å². The maximum atomic E-state index is 13.2. The van der Waals surface area contributed by atoms with E-state index in [1.165, 1.54) is 0 Å². The molecule has 1 aromatic heterocycles. The Balaban J connectivity index is 1.96. The van der Waals surface area contributed by atoms with Crippen LogP contribution in [0.2, 0.25) is 0 Å². The third-order valence-corrected chi connectivity index (χ3v) is 5.87. The fourth-order valence-corrected chi connectivity index (χ4v) is 4.28. The van der Waals surface area contributed by atoms with E-state index >= 15 is 0 Å². The Morgan fingerprint density at radius 3 is 2.45 bits per heavy atom. The first-order chi connectivity index (χ1) is 15.0. The van der Waals surface area contributed by atoms with Crippen molar-refractivity contribution >= 4 is 16.8 Å². The molecule has 7 nitrogen and oxygen atoms in total. The fourth-order valence-electron chi connectivity index (χ4n) is 4.28. The average molecular weight is 422 g/mol. The molecule has 4 rings (SSSR count). The minimum atomic E-state index is -0.518. The molecular weight excluding hydrogens is 396 g/mol. The highest BCUT2D eigenvalue weighted by Gasteiger charge is 2.34. The number of hydrogen-bond acceptors (Lipinski definition) is 5. The van der Waals surface area contributed by atoms with E-state index in [9.17, 15) is 9.59 Å². The van der Waals surface area contributed by atoms with Gasteiger partial charge in [-0.3, -0.25) is 9.59 Å². The number of rotatable bonds is 5. The summed E-state index contributed by atoms with van der Waals surface area (Å²) < 4.78 is 16.3. The number of nitrogens with one attached hydrogen (secondary N) is 1. The molecule has 0 fully saturated rings. The Bertz CT molecular complexity index is 1200. The minimum absolute atomic E-state index is 0.00410. The molecule has 1 atom stereocenters. The standard InChI is InChI=1S/C24H26N2O5/c1-5-22(27)26-9-8-14-12-20(30-3)21(31-4)13-17(14)23(26)18-11-15-10-16(29-2)6-7-19(15)25-24(18)28/h6-7,10-13,23H,5,8-9H2,1-4H3,(H,25,28)/t23-/m0/s1. The molecule has 7 heteroatoms. The van der Waals surface area contributed by atoms with Crippen LogP contribution in [0.4, 0.5) is 0 Å². The van der Waals surface area contributed by atoms with E-state index in [0.717, 1.165) is 16.5 Å². The predicted octanol–water partition coefficient (Wildman–Crippen LogP) is 3.44. The van der Waals surface area contributed by atoms with E-state index in [4.69, 9.17) is 14.2 Å². The molecule has 1 N–H and O–H groups in total. The zero-order chi connectivity index (χ0) is 22.1. The van der Waals surface area contributed by atoms with Crippen molar-refractivity contribution in [2.75, 3.05) is 27.9 Å². The van der Waals surface area contributed by atoms with Gasteiger partial charge in [-0.25, -0.2) is 0 Å². The molecule has 1 aliphatic heterocycles. The van der Waals surface area contributed by atoms with Crippen molar-refractivity contribution in [3.05, 3.63) is 63.4 Å². The second-order valence-corrected chi connectivity index (χ2v) is 7.51. The maximum Gasteiger partial charge on any atom is 0.254 e. The van der Waals surface area contributed by atoms with Gasteiger partial charge < -0.3 is 24.1 Å². The van der Waals surface area contributed by atoms with Gasteiger partial charge in [0.2, 0.25) is 5.91 Å². The summed E-state index contributed by atoms with van der Waals surface area (Å²) >= 11 is 0. The van der Waals surface area contributed by atoms with Gasteiger partial charge in [-0.2, -0.15) is 0 Å². The van der Waals surface area contributed by atoms with Gasteiger partial charge in [-0.15, -0.1) is 0 Å². The Morgan fingerprint density at radius 2 is 1.77 bits per heavy atom. The number of carbonyl (C=O) groups excluding carboxylic acids is 1. The number of nitrogens with zero attached hydrogens (tertiary/aromatic N) is 1. The van der Waals surface area contributed by atoms with Crippen LogP contribution < -0.4 is 19.8 Å². The number of carbonyl (C=O) groups is 1. The number of H-pyrrole nitrogens is 1. The molecule has 0 unspecified atom stereocenters. The smallest absolute Gasteiger partial charge is 0.254 e. The highest BCUT2D eigenvalue weighted by molar-refractivity contribution is 5.82. The minimum Gasteiger partial charge on any atom is -0.497 e. The van der Waals surface area contributed by atoms with Gasteiger partial charge >= 0.3 is 0 Å². The van der Waals surface area contributed by atoms with Crippen LogP contribution in [0.1, 0.15) is 36.1 Å². The topological polar surface area (TPSA) is 80.9 Å². The molecule has 31 heavy (non-hydrogen) atoms. The van der Waals surface area contributed by atoms with Crippen molar-refractivity contribution < 1.29 is 19.0 Å². The van der Waals surface area contributed by atoms with Gasteiger partial charge in [0.25, 0.3) is 5.56 Å². The van der Waals surface area contributed by atoms with Crippen LogP contribution in [0.15, 0.2) is 41.2 Å². The van der Waals surface area contributed by atoms with E-state index in [-0.39, 0.29) is 11.5 Å². The first-order valence-electron chi connectivity index (χ1n) is 10.3. The number of fused-ring (bicyclic) bond motifs is 2. The summed E-state index contributed by atoms with van der Waals surface area (Å²) in [6.45, 7) is 2.36. The van der Waals surface area contributed by atoms with E-state index in [1.807, 2.05) is 37.3 Å². The lowest BCUT2D eigenvalue weighted by molar-refractivity contribution is -0.132. The predicted molar refractivity (Wildman–Crippen MR) is 118 cm³/mol. The van der Waals surface area contributed by atoms with Crippen LogP contribution in [-0.2, 0) is 11.2 Å². The van der Waals surface area contributed by atoms with Gasteiger partial charge in [0.15, 0.2) is 11.5 Å². The molecule has 0 bridgehead atoms. The summed E-state index contributed by atoms with van der Waals surface area (Å²) in [5.74, 6) is 1.89. The molecule has 2 heterocycles. The van der Waals surface area contributed by atoms with Gasteiger partial charge in [-0.1, -0.05) is 6.92 Å². The summed E-state index contributed by atoms with van der Waals surface area (Å²) in [6, 6.07) is 10.6. The molecule has 0 saturated carbocycles. The monoisotopic (exact) mass is 422 g/mol. The van der Waals surface area contributed by atoms with Crippen LogP contribution in [0.25, 0.3) is 10.9 Å². The number of pyridine rings is 1. The summed E-state index contributed by atoms with van der Waals surface area (Å²) in [5.41, 5.74) is 2.91. The van der Waals surface area contributed by atoms with Crippen LogP contribution in [-0.4, -0.2) is 43.7 Å². The third-order valence-electron chi connectivity index (χ3n) is 5.87. The molecule has 1 aliphatic rings. The van der Waals surface area contributed by atoms with E-state index in [2.05, 4.69) is 4.98 Å². The van der Waals surface area contributed by atoms with Crippen LogP contribution in [0, 0.1) is 0 Å². The largest absolute Gasteiger partial charge is 0.497 e. The Morgan fingerprint density at radius 1 is 1.03 bits per heavy atom. The van der Waals surface area contributed by atoms with Crippen LogP contribution >= 0.6 is 0 Å². The first-order valence-corrected chi connectivity index (χ1v) is 10.3. The van der Waals surface area contributed by atoms with Crippen LogP contribution in [0.5, 0.6) is 17.2 Å². The molecule has 0 aliphatic carbocycles. The number of ether oxygens (including phenoxy) is 3. The van der Waals surface area contributed by atoms with E-state index in [0.29, 0.717) is 47.7 Å². The van der Waals surface area contributed by atoms with Crippen molar-refractivity contribution in [1.82, 2.24) is 9.88 Å². The Kier molecular flexibility index (Phi) is 5.59. The lowest BCUT2D eigenvalue weighted by atomic mass is 9.87. The lowest BCUT2D eigenvalue weighted by Crippen LogP contribution is -2.42. The SMILES string of the molecule is CCC(=O)N1CCc2cc(OC)c(OC)cc2[C@H]1c1cc2cc(OC)ccc2[nH]c1=O. The second kappa shape index (κ2) is 8.34. The lowest BCUT2D eigenvalue weighted by Gasteiger charge is -2.37. The van der Waals surface area contributed by atoms with E-state index in [1.54, 1.807) is 32.3 Å². The molecule has 0 saturated heterocycles. The number of amides is 1. The summed E-state index contributed by atoms with van der Waals surface area (Å²) in [6.07, 6.45) is 1.04. The number of methoxy groups -OCH3 is 3. The van der Waals surface area contributed by atoms with Crippen molar-refractivity contribution in [1.29, 1.82) is 0 Å². The molecule has 2 aromatic carbocycles. The molecule has 0 radical (unpaired) electrons. The number of hydrogen-bond donors (Lipinski definition) is 1. The Hall–Kier alpha value is -3.48. The highest BCUT2D eigenvalue weighted by Crippen LogP contribution is 2.41. The number of aromatic amines is 1. The first kappa shape index (κ1) is 20.8. The second-order valence-electron chi connectivity index (χ2n) is 7.51. The number of aromatic nitrogens is 1. The average Bonchev–Trinajstić information content (AvgIpc) is 2.81. The van der Waals surface area contributed by atoms with E-state index < -0.39 is 6.04 Å². The zero-order valence-corrected chi connectivity index (χ0v) is 18.2. The number of benzene rings is 2. The fraction of sp³-hybridized carbons (Fsp3) is 0.333. The van der Waals surface area contributed by atoms with Gasteiger partial charge in [0, 0.05) is 29.4 Å². The summed E-state index contributed by atoms with van der Waals surface area (Å²) in [4.78, 5) is 30.7. The van der Waals surface area contributed by atoms with Crippen LogP contribution in [0.3, 0.4) is 0 Å². The van der Waals surface area contributed by atoms with Crippen molar-refractivity contribution in [3.63, 3.8) is 0 Å². The van der Waals surface area contributed by atoms with Gasteiger partial charge in [-0.05, 0) is 53.9 Å². The molecule has 1 amide bonds. The zero-order valence-electron chi connectivity index (χ0n) is 18.2.